The topological polar surface area (TPSA) is 55.8 Å². The summed E-state index contributed by atoms with van der Waals surface area (Å²) in [6.07, 6.45) is 1.57. The monoisotopic (exact) mass is 361 g/mol. The number of sulfonamides is 1. The minimum atomic E-state index is -3.56. The molecule has 0 bridgehead atoms. The number of benzene rings is 2. The molecule has 1 saturated heterocycles. The molecule has 2 aromatic carbocycles. The zero-order chi connectivity index (χ0) is 18.0. The van der Waals surface area contributed by atoms with E-state index in [1.54, 1.807) is 30.7 Å². The average molecular weight is 361 g/mol. The van der Waals surface area contributed by atoms with Gasteiger partial charge in [-0.15, -0.1) is 0 Å². The summed E-state index contributed by atoms with van der Waals surface area (Å²) in [5, 5.41) is 0. The van der Waals surface area contributed by atoms with E-state index in [-0.39, 0.29) is 6.04 Å². The van der Waals surface area contributed by atoms with E-state index >= 15 is 0 Å². The Morgan fingerprint density at radius 1 is 1.04 bits per heavy atom. The van der Waals surface area contributed by atoms with Crippen molar-refractivity contribution in [2.75, 3.05) is 20.8 Å². The molecule has 134 valence electrons. The van der Waals surface area contributed by atoms with E-state index in [4.69, 9.17) is 9.47 Å². The standard InChI is InChI=1S/C19H23NO4S/c1-14-6-9-16(10-7-14)25(21,22)20-12-4-5-18(20)17-13-15(23-2)8-11-19(17)24-3/h6-11,13,18H,4-5,12H2,1-3H3/t18-/m0/s1. The Kier molecular flexibility index (Phi) is 5.01. The molecule has 0 saturated carbocycles. The maximum Gasteiger partial charge on any atom is 0.243 e. The van der Waals surface area contributed by atoms with Crippen molar-refractivity contribution in [2.24, 2.45) is 0 Å². The van der Waals surface area contributed by atoms with Crippen LogP contribution in [0.2, 0.25) is 0 Å². The normalized spacial score (nSPS) is 18.3. The Balaban J connectivity index is 2.02. The summed E-state index contributed by atoms with van der Waals surface area (Å²) in [5.74, 6) is 1.37. The first-order valence-corrected chi connectivity index (χ1v) is 9.72. The summed E-state index contributed by atoms with van der Waals surface area (Å²) < 4.78 is 38.6. The highest BCUT2D eigenvalue weighted by molar-refractivity contribution is 7.89. The van der Waals surface area contributed by atoms with Gasteiger partial charge in [0.25, 0.3) is 0 Å². The second kappa shape index (κ2) is 7.06. The molecule has 0 N–H and O–H groups in total. The van der Waals surface area contributed by atoms with Gasteiger partial charge in [0.1, 0.15) is 11.5 Å². The molecule has 5 nitrogen and oxygen atoms in total. The quantitative estimate of drug-likeness (QED) is 0.817. The molecule has 0 radical (unpaired) electrons. The predicted molar refractivity (Wildman–Crippen MR) is 96.6 cm³/mol. The van der Waals surface area contributed by atoms with Crippen LogP contribution in [0, 0.1) is 6.92 Å². The highest BCUT2D eigenvalue weighted by atomic mass is 32.2. The van der Waals surface area contributed by atoms with Crippen molar-refractivity contribution in [1.29, 1.82) is 0 Å². The van der Waals surface area contributed by atoms with E-state index < -0.39 is 10.0 Å². The first-order valence-electron chi connectivity index (χ1n) is 8.28. The van der Waals surface area contributed by atoms with Gasteiger partial charge in [-0.2, -0.15) is 4.31 Å². The fourth-order valence-corrected chi connectivity index (χ4v) is 4.96. The van der Waals surface area contributed by atoms with Gasteiger partial charge in [-0.1, -0.05) is 17.7 Å². The molecule has 1 heterocycles. The molecular formula is C19H23NO4S. The lowest BCUT2D eigenvalue weighted by Crippen LogP contribution is -2.30. The summed E-state index contributed by atoms with van der Waals surface area (Å²) in [7, 11) is -0.366. The molecular weight excluding hydrogens is 338 g/mol. The molecule has 0 unspecified atom stereocenters. The van der Waals surface area contributed by atoms with Gasteiger partial charge in [-0.25, -0.2) is 8.42 Å². The number of rotatable bonds is 5. The predicted octanol–water partition coefficient (Wildman–Crippen LogP) is 3.54. The van der Waals surface area contributed by atoms with Gasteiger partial charge < -0.3 is 9.47 Å². The Labute approximate surface area is 149 Å². The second-order valence-corrected chi connectivity index (χ2v) is 8.09. The van der Waals surface area contributed by atoms with E-state index in [9.17, 15) is 8.42 Å². The van der Waals surface area contributed by atoms with Crippen molar-refractivity contribution in [3.8, 4) is 11.5 Å². The third-order valence-corrected chi connectivity index (χ3v) is 6.55. The van der Waals surface area contributed by atoms with Crippen LogP contribution >= 0.6 is 0 Å². The van der Waals surface area contributed by atoms with Crippen molar-refractivity contribution in [3.63, 3.8) is 0 Å². The Bertz CT molecular complexity index is 846. The van der Waals surface area contributed by atoms with Crippen molar-refractivity contribution in [1.82, 2.24) is 4.31 Å². The highest BCUT2D eigenvalue weighted by Crippen LogP contribution is 2.41. The Hall–Kier alpha value is -2.05. The summed E-state index contributed by atoms with van der Waals surface area (Å²) in [6, 6.07) is 12.2. The van der Waals surface area contributed by atoms with Crippen LogP contribution in [0.3, 0.4) is 0 Å². The molecule has 0 spiro atoms. The Morgan fingerprint density at radius 2 is 1.76 bits per heavy atom. The lowest BCUT2D eigenvalue weighted by molar-refractivity contribution is 0.361. The minimum absolute atomic E-state index is 0.253. The van der Waals surface area contributed by atoms with Gasteiger partial charge >= 0.3 is 0 Å². The van der Waals surface area contributed by atoms with Crippen LogP contribution in [0.15, 0.2) is 47.4 Å². The zero-order valence-electron chi connectivity index (χ0n) is 14.7. The fourth-order valence-electron chi connectivity index (χ4n) is 3.28. The minimum Gasteiger partial charge on any atom is -0.497 e. The lowest BCUT2D eigenvalue weighted by atomic mass is 10.0. The third kappa shape index (κ3) is 3.37. The SMILES string of the molecule is COc1ccc(OC)c([C@@H]2CCCN2S(=O)(=O)c2ccc(C)cc2)c1. The van der Waals surface area contributed by atoms with Gasteiger partial charge in [-0.05, 0) is 50.1 Å². The highest BCUT2D eigenvalue weighted by Gasteiger charge is 2.37. The van der Waals surface area contributed by atoms with Gasteiger partial charge in [0, 0.05) is 12.1 Å². The molecule has 1 atom stereocenters. The molecule has 0 aromatic heterocycles. The van der Waals surface area contributed by atoms with Crippen LogP contribution in [0.4, 0.5) is 0 Å². The molecule has 25 heavy (non-hydrogen) atoms. The number of hydrogen-bond acceptors (Lipinski definition) is 4. The van der Waals surface area contributed by atoms with Crippen LogP contribution in [0.1, 0.15) is 30.0 Å². The first kappa shape index (κ1) is 17.8. The smallest absolute Gasteiger partial charge is 0.243 e. The van der Waals surface area contributed by atoms with Crippen LogP contribution in [0.25, 0.3) is 0 Å². The van der Waals surface area contributed by atoms with E-state index in [2.05, 4.69) is 0 Å². The van der Waals surface area contributed by atoms with Crippen molar-refractivity contribution >= 4 is 10.0 Å². The Morgan fingerprint density at radius 3 is 2.40 bits per heavy atom. The van der Waals surface area contributed by atoms with E-state index in [1.807, 2.05) is 37.3 Å². The number of nitrogens with zero attached hydrogens (tertiary/aromatic N) is 1. The largest absolute Gasteiger partial charge is 0.497 e. The third-order valence-electron chi connectivity index (χ3n) is 4.63. The van der Waals surface area contributed by atoms with Crippen LogP contribution in [-0.4, -0.2) is 33.5 Å². The molecule has 3 rings (SSSR count). The molecule has 0 aliphatic carbocycles. The zero-order valence-corrected chi connectivity index (χ0v) is 15.5. The van der Waals surface area contributed by atoms with Crippen LogP contribution in [-0.2, 0) is 10.0 Å². The maximum absolute atomic E-state index is 13.1. The van der Waals surface area contributed by atoms with Gasteiger partial charge in [0.05, 0.1) is 25.2 Å². The molecule has 1 aliphatic rings. The van der Waals surface area contributed by atoms with E-state index in [0.717, 1.165) is 24.0 Å². The van der Waals surface area contributed by atoms with E-state index in [1.165, 1.54) is 0 Å². The van der Waals surface area contributed by atoms with Crippen LogP contribution < -0.4 is 9.47 Å². The molecule has 1 fully saturated rings. The van der Waals surface area contributed by atoms with Gasteiger partial charge in [-0.3, -0.25) is 0 Å². The van der Waals surface area contributed by atoms with Crippen molar-refractivity contribution < 1.29 is 17.9 Å². The number of methoxy groups -OCH3 is 2. The maximum atomic E-state index is 13.1. The van der Waals surface area contributed by atoms with Gasteiger partial charge in [0.2, 0.25) is 10.0 Å². The second-order valence-electron chi connectivity index (χ2n) is 6.19. The van der Waals surface area contributed by atoms with Crippen LogP contribution in [0.5, 0.6) is 11.5 Å². The molecule has 1 aliphatic heterocycles. The number of ether oxygens (including phenoxy) is 2. The fraction of sp³-hybridized carbons (Fsp3) is 0.368. The van der Waals surface area contributed by atoms with Gasteiger partial charge in [0.15, 0.2) is 0 Å². The number of aryl methyl sites for hydroxylation is 1. The summed E-state index contributed by atoms with van der Waals surface area (Å²) in [5.41, 5.74) is 1.88. The summed E-state index contributed by atoms with van der Waals surface area (Å²) in [6.45, 7) is 2.44. The molecule has 0 amide bonds. The van der Waals surface area contributed by atoms with Crippen molar-refractivity contribution in [3.05, 3.63) is 53.6 Å². The summed E-state index contributed by atoms with van der Waals surface area (Å²) >= 11 is 0. The molecule has 2 aromatic rings. The lowest BCUT2D eigenvalue weighted by Gasteiger charge is -2.26. The number of hydrogen-bond donors (Lipinski definition) is 0. The molecule has 6 heteroatoms. The first-order chi connectivity index (χ1) is 12.0. The van der Waals surface area contributed by atoms with Crippen molar-refractivity contribution in [2.45, 2.75) is 30.7 Å². The average Bonchev–Trinajstić information content (AvgIpc) is 3.12. The summed E-state index contributed by atoms with van der Waals surface area (Å²) in [4.78, 5) is 0.326. The van der Waals surface area contributed by atoms with E-state index in [0.29, 0.717) is 22.9 Å².